The third kappa shape index (κ3) is 4.66. The zero-order chi connectivity index (χ0) is 15.1. The van der Waals surface area contributed by atoms with Crippen LogP contribution in [-0.2, 0) is 23.0 Å². The highest BCUT2D eigenvalue weighted by molar-refractivity contribution is 7.89. The van der Waals surface area contributed by atoms with Gasteiger partial charge in [0.1, 0.15) is 0 Å². The molecule has 114 valence electrons. The van der Waals surface area contributed by atoms with Crippen LogP contribution in [0.3, 0.4) is 0 Å². The number of sulfonamides is 1. The Morgan fingerprint density at radius 3 is 2.62 bits per heavy atom. The highest BCUT2D eigenvalue weighted by Crippen LogP contribution is 2.10. The molecule has 2 rings (SSSR count). The van der Waals surface area contributed by atoms with Gasteiger partial charge in [0.25, 0.3) is 0 Å². The number of aliphatic hydroxyl groups is 1. The van der Waals surface area contributed by atoms with Gasteiger partial charge >= 0.3 is 0 Å². The van der Waals surface area contributed by atoms with E-state index in [-0.39, 0.29) is 11.5 Å². The van der Waals surface area contributed by atoms with Gasteiger partial charge in [0.15, 0.2) is 0 Å². The van der Waals surface area contributed by atoms with E-state index in [9.17, 15) is 8.42 Å². The van der Waals surface area contributed by atoms with Crippen LogP contribution in [0.15, 0.2) is 47.6 Å². The molecular weight excluding hydrogens is 290 g/mol. The number of nitrogens with one attached hydrogen (secondary N) is 1. The van der Waals surface area contributed by atoms with Crippen molar-refractivity contribution in [2.75, 3.05) is 13.2 Å². The summed E-state index contributed by atoms with van der Waals surface area (Å²) in [6.45, 7) is 1.09. The predicted molar refractivity (Wildman–Crippen MR) is 79.3 cm³/mol. The highest BCUT2D eigenvalue weighted by Gasteiger charge is 2.12. The summed E-state index contributed by atoms with van der Waals surface area (Å²) in [5, 5.41) is 12.9. The zero-order valence-corrected chi connectivity index (χ0v) is 12.5. The molecule has 2 aromatic rings. The Labute approximate surface area is 124 Å². The Balaban J connectivity index is 1.85. The van der Waals surface area contributed by atoms with Crippen molar-refractivity contribution in [1.29, 1.82) is 0 Å². The standard InChI is InChI=1S/C14H19N3O3S/c18-12-7-13-3-5-14(6-4-13)21(19,20)16-9-2-11-17-10-1-8-15-17/h1,3-6,8,10,16,18H,2,7,9,11-12H2. The summed E-state index contributed by atoms with van der Waals surface area (Å²) in [7, 11) is -3.48. The number of aliphatic hydroxyl groups excluding tert-OH is 1. The van der Waals surface area contributed by atoms with Crippen molar-refractivity contribution in [3.8, 4) is 0 Å². The molecule has 0 saturated heterocycles. The topological polar surface area (TPSA) is 84.2 Å². The summed E-state index contributed by atoms with van der Waals surface area (Å²) in [6.07, 6.45) is 4.73. The van der Waals surface area contributed by atoms with Crippen LogP contribution in [0, 0.1) is 0 Å². The molecule has 0 fully saturated rings. The van der Waals surface area contributed by atoms with E-state index in [1.54, 1.807) is 35.1 Å². The highest BCUT2D eigenvalue weighted by atomic mass is 32.2. The number of aromatic nitrogens is 2. The molecule has 0 aliphatic rings. The number of benzene rings is 1. The molecule has 7 heteroatoms. The Hall–Kier alpha value is -1.70. The minimum absolute atomic E-state index is 0.0533. The van der Waals surface area contributed by atoms with Crippen LogP contribution >= 0.6 is 0 Å². The molecule has 0 radical (unpaired) electrons. The van der Waals surface area contributed by atoms with Gasteiger partial charge in [0, 0.05) is 32.1 Å². The monoisotopic (exact) mass is 309 g/mol. The van der Waals surface area contributed by atoms with Gasteiger partial charge in [-0.1, -0.05) is 12.1 Å². The molecule has 0 unspecified atom stereocenters. The summed E-state index contributed by atoms with van der Waals surface area (Å²) < 4.78 is 28.5. The molecule has 0 aliphatic carbocycles. The lowest BCUT2D eigenvalue weighted by Gasteiger charge is -2.07. The quantitative estimate of drug-likeness (QED) is 0.706. The molecule has 1 heterocycles. The molecule has 0 aliphatic heterocycles. The summed E-state index contributed by atoms with van der Waals surface area (Å²) in [4.78, 5) is 0.239. The fourth-order valence-corrected chi connectivity index (χ4v) is 3.00. The van der Waals surface area contributed by atoms with Crippen molar-refractivity contribution in [2.45, 2.75) is 24.3 Å². The molecule has 0 spiro atoms. The minimum atomic E-state index is -3.48. The summed E-state index contributed by atoms with van der Waals surface area (Å²) in [6, 6.07) is 8.38. The average molecular weight is 309 g/mol. The fraction of sp³-hybridized carbons (Fsp3) is 0.357. The molecule has 0 amide bonds. The minimum Gasteiger partial charge on any atom is -0.396 e. The number of rotatable bonds is 8. The molecule has 0 saturated carbocycles. The summed E-state index contributed by atoms with van der Waals surface area (Å²) >= 11 is 0. The van der Waals surface area contributed by atoms with Gasteiger partial charge in [-0.15, -0.1) is 0 Å². The molecule has 1 aromatic carbocycles. The van der Waals surface area contributed by atoms with Crippen molar-refractivity contribution in [3.05, 3.63) is 48.3 Å². The Bertz CT molecular complexity index is 637. The van der Waals surface area contributed by atoms with Crippen LogP contribution in [0.5, 0.6) is 0 Å². The molecular formula is C14H19N3O3S. The van der Waals surface area contributed by atoms with E-state index in [1.165, 1.54) is 0 Å². The number of hydrogen-bond donors (Lipinski definition) is 2. The van der Waals surface area contributed by atoms with Gasteiger partial charge in [-0.05, 0) is 36.6 Å². The fourth-order valence-electron chi connectivity index (χ4n) is 1.93. The second kappa shape index (κ2) is 7.35. The van der Waals surface area contributed by atoms with Gasteiger partial charge in [-0.25, -0.2) is 13.1 Å². The number of aryl methyl sites for hydroxylation is 1. The van der Waals surface area contributed by atoms with E-state index >= 15 is 0 Å². The molecule has 1 aromatic heterocycles. The predicted octanol–water partition coefficient (Wildman–Crippen LogP) is 0.786. The van der Waals surface area contributed by atoms with Crippen LogP contribution in [0.25, 0.3) is 0 Å². The van der Waals surface area contributed by atoms with Crippen LogP contribution in [0.1, 0.15) is 12.0 Å². The van der Waals surface area contributed by atoms with Gasteiger partial charge < -0.3 is 5.11 Å². The first-order valence-electron chi connectivity index (χ1n) is 6.79. The van der Waals surface area contributed by atoms with Gasteiger partial charge in [-0.3, -0.25) is 4.68 Å². The molecule has 0 atom stereocenters. The van der Waals surface area contributed by atoms with Gasteiger partial charge in [0.2, 0.25) is 10.0 Å². The van der Waals surface area contributed by atoms with Crippen LogP contribution < -0.4 is 4.72 Å². The first-order valence-corrected chi connectivity index (χ1v) is 8.27. The lowest BCUT2D eigenvalue weighted by atomic mass is 10.2. The smallest absolute Gasteiger partial charge is 0.240 e. The summed E-state index contributed by atoms with van der Waals surface area (Å²) in [5.41, 5.74) is 0.912. The summed E-state index contributed by atoms with van der Waals surface area (Å²) in [5.74, 6) is 0. The lowest BCUT2D eigenvalue weighted by Crippen LogP contribution is -2.25. The maximum absolute atomic E-state index is 12.1. The van der Waals surface area contributed by atoms with Crippen molar-refractivity contribution in [2.24, 2.45) is 0 Å². The SMILES string of the molecule is O=S(=O)(NCCCn1cccn1)c1ccc(CCO)cc1. The second-order valence-corrected chi connectivity index (χ2v) is 6.40. The Morgan fingerprint density at radius 1 is 1.24 bits per heavy atom. The van der Waals surface area contributed by atoms with Gasteiger partial charge in [0.05, 0.1) is 4.90 Å². The average Bonchev–Trinajstić information content (AvgIpc) is 2.98. The molecule has 6 nitrogen and oxygen atoms in total. The van der Waals surface area contributed by atoms with E-state index in [0.717, 1.165) is 5.56 Å². The largest absolute Gasteiger partial charge is 0.396 e. The molecule has 0 bridgehead atoms. The molecule has 21 heavy (non-hydrogen) atoms. The van der Waals surface area contributed by atoms with E-state index in [4.69, 9.17) is 5.11 Å². The van der Waals surface area contributed by atoms with Crippen molar-refractivity contribution in [1.82, 2.24) is 14.5 Å². The van der Waals surface area contributed by atoms with E-state index in [1.807, 2.05) is 12.3 Å². The third-order valence-electron chi connectivity index (χ3n) is 3.05. The maximum atomic E-state index is 12.1. The van der Waals surface area contributed by atoms with Crippen molar-refractivity contribution < 1.29 is 13.5 Å². The molecule has 2 N–H and O–H groups in total. The van der Waals surface area contributed by atoms with Crippen LogP contribution in [-0.4, -0.2) is 36.5 Å². The maximum Gasteiger partial charge on any atom is 0.240 e. The zero-order valence-electron chi connectivity index (χ0n) is 11.6. The Morgan fingerprint density at radius 2 is 2.00 bits per heavy atom. The first-order chi connectivity index (χ1) is 10.1. The number of nitrogens with zero attached hydrogens (tertiary/aromatic N) is 2. The first kappa shape index (κ1) is 15.7. The second-order valence-electron chi connectivity index (χ2n) is 4.64. The number of hydrogen-bond acceptors (Lipinski definition) is 4. The van der Waals surface area contributed by atoms with E-state index < -0.39 is 10.0 Å². The third-order valence-corrected chi connectivity index (χ3v) is 4.53. The van der Waals surface area contributed by atoms with Gasteiger partial charge in [-0.2, -0.15) is 5.10 Å². The van der Waals surface area contributed by atoms with E-state index in [2.05, 4.69) is 9.82 Å². The van der Waals surface area contributed by atoms with E-state index in [0.29, 0.717) is 25.9 Å². The van der Waals surface area contributed by atoms with Crippen molar-refractivity contribution >= 4 is 10.0 Å². The van der Waals surface area contributed by atoms with Crippen LogP contribution in [0.2, 0.25) is 0 Å². The lowest BCUT2D eigenvalue weighted by molar-refractivity contribution is 0.299. The normalized spacial score (nSPS) is 11.7. The van der Waals surface area contributed by atoms with Crippen LogP contribution in [0.4, 0.5) is 0 Å². The van der Waals surface area contributed by atoms with Crippen molar-refractivity contribution in [3.63, 3.8) is 0 Å². The Kier molecular flexibility index (Phi) is 5.49.